The summed E-state index contributed by atoms with van der Waals surface area (Å²) in [5, 5.41) is 12.2. The van der Waals surface area contributed by atoms with E-state index in [1.165, 1.54) is 6.08 Å². The molecule has 106 valence electrons. The van der Waals surface area contributed by atoms with Gasteiger partial charge in [-0.2, -0.15) is 0 Å². The summed E-state index contributed by atoms with van der Waals surface area (Å²) < 4.78 is 0.787. The molecule has 1 aromatic carbocycles. The van der Waals surface area contributed by atoms with E-state index in [1.54, 1.807) is 6.07 Å². The molecule has 0 bridgehead atoms. The Morgan fingerprint density at radius 3 is 2.70 bits per heavy atom. The van der Waals surface area contributed by atoms with Crippen LogP contribution in [0.5, 0.6) is 0 Å². The lowest BCUT2D eigenvalue weighted by atomic mass is 10.2. The summed E-state index contributed by atoms with van der Waals surface area (Å²) in [7, 11) is 0. The van der Waals surface area contributed by atoms with Crippen LogP contribution in [0.2, 0.25) is 5.02 Å². The first-order valence-corrected chi connectivity index (χ1v) is 7.02. The summed E-state index contributed by atoms with van der Waals surface area (Å²) in [6.07, 6.45) is 1.21. The van der Waals surface area contributed by atoms with Crippen LogP contribution in [-0.2, 0) is 9.59 Å². The molecule has 20 heavy (non-hydrogen) atoms. The highest BCUT2D eigenvalue weighted by Gasteiger charge is 2.30. The number of hydrogen-bond donors (Lipinski definition) is 2. The minimum Gasteiger partial charge on any atom is -0.395 e. The van der Waals surface area contributed by atoms with E-state index >= 15 is 0 Å². The van der Waals surface area contributed by atoms with Gasteiger partial charge in [-0.3, -0.25) is 14.5 Å². The molecule has 0 saturated heterocycles. The van der Waals surface area contributed by atoms with Crippen LogP contribution in [0, 0.1) is 6.92 Å². The van der Waals surface area contributed by atoms with E-state index in [4.69, 9.17) is 16.7 Å². The lowest BCUT2D eigenvalue weighted by Gasteiger charge is -2.14. The quantitative estimate of drug-likeness (QED) is 0.808. The molecule has 2 N–H and O–H groups in total. The Morgan fingerprint density at radius 1 is 1.40 bits per heavy atom. The van der Waals surface area contributed by atoms with Gasteiger partial charge < -0.3 is 10.4 Å². The minimum atomic E-state index is -0.458. The number of anilines is 1. The fourth-order valence-electron chi connectivity index (χ4n) is 1.86. The summed E-state index contributed by atoms with van der Waals surface area (Å²) in [5.41, 5.74) is 1.69. The van der Waals surface area contributed by atoms with Gasteiger partial charge in [0.15, 0.2) is 0 Å². The number of amides is 2. The average molecular weight is 360 g/mol. The topological polar surface area (TPSA) is 69.6 Å². The Hall–Kier alpha value is -1.37. The number of aliphatic hydroxyl groups excluding tert-OH is 1. The molecule has 0 fully saturated rings. The second kappa shape index (κ2) is 5.95. The third kappa shape index (κ3) is 2.87. The molecule has 0 saturated carbocycles. The second-order valence-electron chi connectivity index (χ2n) is 4.29. The van der Waals surface area contributed by atoms with Crippen molar-refractivity contribution in [3.63, 3.8) is 0 Å². The Morgan fingerprint density at radius 2 is 2.10 bits per heavy atom. The smallest absolute Gasteiger partial charge is 0.277 e. The highest BCUT2D eigenvalue weighted by atomic mass is 79.9. The maximum absolute atomic E-state index is 12.0. The molecule has 1 aliphatic rings. The first-order valence-electron chi connectivity index (χ1n) is 5.85. The Bertz CT molecular complexity index is 593. The SMILES string of the molecule is Cc1cc(NC2=CC(=O)N(CCO)C2=O)cc(Cl)c1Br. The van der Waals surface area contributed by atoms with E-state index in [1.807, 2.05) is 13.0 Å². The van der Waals surface area contributed by atoms with Crippen molar-refractivity contribution >= 4 is 45.0 Å². The zero-order chi connectivity index (χ0) is 14.9. The zero-order valence-corrected chi connectivity index (χ0v) is 13.0. The number of halogens is 2. The number of nitrogens with zero attached hydrogens (tertiary/aromatic N) is 1. The second-order valence-corrected chi connectivity index (χ2v) is 5.49. The number of aliphatic hydroxyl groups is 1. The van der Waals surface area contributed by atoms with Gasteiger partial charge in [-0.25, -0.2) is 0 Å². The van der Waals surface area contributed by atoms with Crippen LogP contribution in [-0.4, -0.2) is 35.0 Å². The standard InChI is InChI=1S/C13H12BrClN2O3/c1-7-4-8(5-9(15)12(7)14)16-10-6-11(19)17(2-3-18)13(10)20/h4-6,16,18H,2-3H2,1H3. The molecule has 1 aliphatic heterocycles. The van der Waals surface area contributed by atoms with Crippen molar-refractivity contribution in [3.8, 4) is 0 Å². The average Bonchev–Trinajstić information content (AvgIpc) is 2.64. The molecule has 5 nitrogen and oxygen atoms in total. The molecular weight excluding hydrogens is 348 g/mol. The Labute approximate surface area is 129 Å². The first-order chi connectivity index (χ1) is 9.43. The fourth-order valence-corrected chi connectivity index (χ4v) is 2.36. The van der Waals surface area contributed by atoms with Crippen molar-refractivity contribution in [2.75, 3.05) is 18.5 Å². The Kier molecular flexibility index (Phi) is 4.47. The predicted octanol–water partition coefficient (Wildman–Crippen LogP) is 2.07. The molecule has 1 aromatic rings. The van der Waals surface area contributed by atoms with Crippen LogP contribution < -0.4 is 5.32 Å². The number of nitrogens with one attached hydrogen (secondary N) is 1. The first kappa shape index (κ1) is 15.0. The normalized spacial score (nSPS) is 14.8. The van der Waals surface area contributed by atoms with E-state index in [2.05, 4.69) is 21.2 Å². The van der Waals surface area contributed by atoms with Gasteiger partial charge in [-0.05, 0) is 40.5 Å². The molecule has 2 amide bonds. The van der Waals surface area contributed by atoms with Gasteiger partial charge in [-0.15, -0.1) is 0 Å². The zero-order valence-electron chi connectivity index (χ0n) is 10.6. The molecular formula is C13H12BrClN2O3. The van der Waals surface area contributed by atoms with E-state index in [9.17, 15) is 9.59 Å². The minimum absolute atomic E-state index is 0.0144. The van der Waals surface area contributed by atoms with E-state index in [0.29, 0.717) is 10.7 Å². The van der Waals surface area contributed by atoms with Crippen LogP contribution in [0.3, 0.4) is 0 Å². The van der Waals surface area contributed by atoms with E-state index < -0.39 is 11.8 Å². The molecule has 2 rings (SSSR count). The number of imide groups is 1. The molecule has 0 spiro atoms. The predicted molar refractivity (Wildman–Crippen MR) is 79.4 cm³/mol. The molecule has 1 heterocycles. The third-order valence-electron chi connectivity index (χ3n) is 2.82. The molecule has 0 aromatic heterocycles. The van der Waals surface area contributed by atoms with Crippen LogP contribution in [0.4, 0.5) is 5.69 Å². The van der Waals surface area contributed by atoms with Crippen LogP contribution in [0.1, 0.15) is 5.56 Å². The Balaban J connectivity index is 2.21. The van der Waals surface area contributed by atoms with Gasteiger partial charge in [0, 0.05) is 16.2 Å². The lowest BCUT2D eigenvalue weighted by Crippen LogP contribution is -2.34. The number of rotatable bonds is 4. The van der Waals surface area contributed by atoms with Gasteiger partial charge in [-0.1, -0.05) is 11.6 Å². The monoisotopic (exact) mass is 358 g/mol. The summed E-state index contributed by atoms with van der Waals surface area (Å²) in [4.78, 5) is 24.6. The lowest BCUT2D eigenvalue weighted by molar-refractivity contribution is -0.137. The van der Waals surface area contributed by atoms with Gasteiger partial charge in [0.25, 0.3) is 11.8 Å². The molecule has 0 atom stereocenters. The van der Waals surface area contributed by atoms with Crippen molar-refractivity contribution < 1.29 is 14.7 Å². The number of β-amino-alcohol motifs (C(OH)–C–C–N with tert-alkyl or cyclic N) is 1. The number of aryl methyl sites for hydroxylation is 1. The molecule has 0 aliphatic carbocycles. The van der Waals surface area contributed by atoms with Crippen molar-refractivity contribution in [3.05, 3.63) is 39.0 Å². The number of carbonyl (C=O) groups excluding carboxylic acids is 2. The van der Waals surface area contributed by atoms with E-state index in [-0.39, 0.29) is 18.8 Å². The largest absolute Gasteiger partial charge is 0.395 e. The maximum Gasteiger partial charge on any atom is 0.277 e. The van der Waals surface area contributed by atoms with Crippen molar-refractivity contribution in [1.29, 1.82) is 0 Å². The van der Waals surface area contributed by atoms with Gasteiger partial charge in [0.2, 0.25) is 0 Å². The van der Waals surface area contributed by atoms with Gasteiger partial charge in [0.05, 0.1) is 18.2 Å². The maximum atomic E-state index is 12.0. The fraction of sp³-hybridized carbons (Fsp3) is 0.231. The number of benzene rings is 1. The van der Waals surface area contributed by atoms with Gasteiger partial charge >= 0.3 is 0 Å². The number of hydrogen-bond acceptors (Lipinski definition) is 4. The summed E-state index contributed by atoms with van der Waals surface area (Å²) >= 11 is 9.39. The molecule has 7 heteroatoms. The molecule has 0 radical (unpaired) electrons. The summed E-state index contributed by atoms with van der Waals surface area (Å²) in [6.45, 7) is 1.59. The summed E-state index contributed by atoms with van der Waals surface area (Å²) in [6, 6.07) is 3.47. The molecule has 0 unspecified atom stereocenters. The highest BCUT2D eigenvalue weighted by molar-refractivity contribution is 9.10. The van der Waals surface area contributed by atoms with Crippen molar-refractivity contribution in [2.45, 2.75) is 6.92 Å². The van der Waals surface area contributed by atoms with Gasteiger partial charge in [0.1, 0.15) is 5.70 Å². The third-order valence-corrected chi connectivity index (χ3v) is 4.40. The highest BCUT2D eigenvalue weighted by Crippen LogP contribution is 2.30. The van der Waals surface area contributed by atoms with Crippen molar-refractivity contribution in [1.82, 2.24) is 4.90 Å². The van der Waals surface area contributed by atoms with Crippen LogP contribution >= 0.6 is 27.5 Å². The van der Waals surface area contributed by atoms with Crippen LogP contribution in [0.15, 0.2) is 28.4 Å². The number of carbonyl (C=O) groups is 2. The summed E-state index contributed by atoms with van der Waals surface area (Å²) in [5.74, 6) is -0.896. The van der Waals surface area contributed by atoms with Crippen LogP contribution in [0.25, 0.3) is 0 Å². The van der Waals surface area contributed by atoms with E-state index in [0.717, 1.165) is 14.9 Å². The van der Waals surface area contributed by atoms with Crippen molar-refractivity contribution in [2.24, 2.45) is 0 Å².